The standard InChI is InChI=1S/C18H14Cl2N2O2/c1-2-24-12-6-3-11(4-7-12)5-8-17(23)18-21-15-9-13(19)14(20)10-16(15)22-18/h3-10H,2H2,1H3,(H,21,22)/b8-5+. The summed E-state index contributed by atoms with van der Waals surface area (Å²) in [6, 6.07) is 10.8. The fraction of sp³-hybridized carbons (Fsp3) is 0.111. The van der Waals surface area contributed by atoms with Gasteiger partial charge in [0, 0.05) is 0 Å². The Morgan fingerprint density at radius 3 is 2.62 bits per heavy atom. The van der Waals surface area contributed by atoms with Crippen molar-refractivity contribution in [2.24, 2.45) is 0 Å². The van der Waals surface area contributed by atoms with E-state index >= 15 is 0 Å². The van der Waals surface area contributed by atoms with Crippen LogP contribution in [0.15, 0.2) is 42.5 Å². The summed E-state index contributed by atoms with van der Waals surface area (Å²) in [5.41, 5.74) is 2.17. The maximum Gasteiger partial charge on any atom is 0.221 e. The normalized spacial score (nSPS) is 11.3. The number of benzene rings is 2. The minimum Gasteiger partial charge on any atom is -0.494 e. The lowest BCUT2D eigenvalue weighted by molar-refractivity contribution is 0.103. The highest BCUT2D eigenvalue weighted by atomic mass is 35.5. The Labute approximate surface area is 149 Å². The Hall–Kier alpha value is -2.30. The zero-order valence-electron chi connectivity index (χ0n) is 12.8. The highest BCUT2D eigenvalue weighted by Crippen LogP contribution is 2.26. The third-order valence-corrected chi connectivity index (χ3v) is 4.10. The van der Waals surface area contributed by atoms with Crippen molar-refractivity contribution in [3.63, 3.8) is 0 Å². The van der Waals surface area contributed by atoms with Crippen LogP contribution in [0.2, 0.25) is 10.0 Å². The summed E-state index contributed by atoms with van der Waals surface area (Å²) in [7, 11) is 0. The first-order valence-electron chi connectivity index (χ1n) is 7.37. The van der Waals surface area contributed by atoms with E-state index in [2.05, 4.69) is 9.97 Å². The van der Waals surface area contributed by atoms with Gasteiger partial charge in [0.2, 0.25) is 5.78 Å². The smallest absolute Gasteiger partial charge is 0.221 e. The first kappa shape index (κ1) is 16.6. The number of aromatic nitrogens is 2. The van der Waals surface area contributed by atoms with E-state index in [0.717, 1.165) is 11.3 Å². The third-order valence-electron chi connectivity index (χ3n) is 3.38. The molecule has 1 heterocycles. The van der Waals surface area contributed by atoms with E-state index < -0.39 is 0 Å². The van der Waals surface area contributed by atoms with Crippen molar-refractivity contribution in [2.75, 3.05) is 6.61 Å². The number of rotatable bonds is 5. The topological polar surface area (TPSA) is 55.0 Å². The zero-order chi connectivity index (χ0) is 17.1. The fourth-order valence-electron chi connectivity index (χ4n) is 2.21. The average molecular weight is 361 g/mol. The number of imidazole rings is 1. The summed E-state index contributed by atoms with van der Waals surface area (Å²) in [6.45, 7) is 2.55. The molecule has 0 aliphatic heterocycles. The van der Waals surface area contributed by atoms with E-state index in [4.69, 9.17) is 27.9 Å². The maximum atomic E-state index is 12.3. The van der Waals surface area contributed by atoms with Gasteiger partial charge in [0.1, 0.15) is 5.75 Å². The number of ether oxygens (including phenoxy) is 1. The van der Waals surface area contributed by atoms with Gasteiger partial charge in [-0.15, -0.1) is 0 Å². The van der Waals surface area contributed by atoms with Gasteiger partial charge in [0.25, 0.3) is 0 Å². The molecule has 0 radical (unpaired) electrons. The Morgan fingerprint density at radius 2 is 1.92 bits per heavy atom. The van der Waals surface area contributed by atoms with Crippen LogP contribution < -0.4 is 4.74 Å². The second kappa shape index (κ2) is 7.07. The molecule has 3 aromatic rings. The molecule has 0 aliphatic rings. The van der Waals surface area contributed by atoms with Gasteiger partial charge in [0.05, 0.1) is 27.7 Å². The molecule has 0 spiro atoms. The van der Waals surface area contributed by atoms with Crippen molar-refractivity contribution in [3.8, 4) is 5.75 Å². The first-order valence-corrected chi connectivity index (χ1v) is 8.12. The summed E-state index contributed by atoms with van der Waals surface area (Å²) in [5, 5.41) is 0.816. The number of ketones is 1. The van der Waals surface area contributed by atoms with Crippen LogP contribution in [0.25, 0.3) is 17.1 Å². The molecule has 6 heteroatoms. The lowest BCUT2D eigenvalue weighted by Crippen LogP contribution is -1.96. The largest absolute Gasteiger partial charge is 0.494 e. The molecule has 0 bridgehead atoms. The SMILES string of the molecule is CCOc1ccc(/C=C/C(=O)c2nc3cc(Cl)c(Cl)cc3[nH]2)cc1. The zero-order valence-corrected chi connectivity index (χ0v) is 14.4. The number of nitrogens with zero attached hydrogens (tertiary/aromatic N) is 1. The summed E-state index contributed by atoms with van der Waals surface area (Å²) in [4.78, 5) is 19.5. The molecule has 1 N–H and O–H groups in total. The number of fused-ring (bicyclic) bond motifs is 1. The molecule has 0 saturated heterocycles. The van der Waals surface area contributed by atoms with E-state index in [-0.39, 0.29) is 11.6 Å². The Kier molecular flexibility index (Phi) is 4.88. The summed E-state index contributed by atoms with van der Waals surface area (Å²) in [5.74, 6) is 0.810. The number of aromatic amines is 1. The summed E-state index contributed by atoms with van der Waals surface area (Å²) >= 11 is 11.9. The second-order valence-electron chi connectivity index (χ2n) is 5.07. The number of nitrogens with one attached hydrogen (secondary N) is 1. The van der Waals surface area contributed by atoms with Gasteiger partial charge in [-0.3, -0.25) is 4.79 Å². The van der Waals surface area contributed by atoms with Crippen molar-refractivity contribution in [3.05, 3.63) is 63.9 Å². The quantitative estimate of drug-likeness (QED) is 0.504. The second-order valence-corrected chi connectivity index (χ2v) is 5.88. The van der Waals surface area contributed by atoms with Crippen LogP contribution in [0.5, 0.6) is 5.75 Å². The van der Waals surface area contributed by atoms with Crippen LogP contribution in [0.1, 0.15) is 23.1 Å². The monoisotopic (exact) mass is 360 g/mol. The van der Waals surface area contributed by atoms with Gasteiger partial charge < -0.3 is 9.72 Å². The third kappa shape index (κ3) is 3.61. The number of hydrogen-bond donors (Lipinski definition) is 1. The molecule has 3 rings (SSSR count). The molecule has 4 nitrogen and oxygen atoms in total. The van der Waals surface area contributed by atoms with Gasteiger partial charge in [-0.2, -0.15) is 0 Å². The van der Waals surface area contributed by atoms with Gasteiger partial charge in [-0.25, -0.2) is 4.98 Å². The van der Waals surface area contributed by atoms with Crippen LogP contribution in [-0.4, -0.2) is 22.4 Å². The molecule has 0 amide bonds. The molecule has 2 aromatic carbocycles. The van der Waals surface area contributed by atoms with Crippen LogP contribution in [0, 0.1) is 0 Å². The van der Waals surface area contributed by atoms with E-state index in [1.807, 2.05) is 31.2 Å². The van der Waals surface area contributed by atoms with Gasteiger partial charge in [-0.1, -0.05) is 41.4 Å². The number of halogens is 2. The molecule has 0 aliphatic carbocycles. The number of carbonyl (C=O) groups is 1. The molecule has 0 fully saturated rings. The van der Waals surface area contributed by atoms with E-state index in [0.29, 0.717) is 27.7 Å². The van der Waals surface area contributed by atoms with Crippen molar-refractivity contribution >= 4 is 46.1 Å². The van der Waals surface area contributed by atoms with Crippen molar-refractivity contribution in [1.29, 1.82) is 0 Å². The van der Waals surface area contributed by atoms with Crippen LogP contribution >= 0.6 is 23.2 Å². The number of H-pyrrole nitrogens is 1. The predicted molar refractivity (Wildman–Crippen MR) is 97.1 cm³/mol. The van der Waals surface area contributed by atoms with Crippen LogP contribution in [0.3, 0.4) is 0 Å². The predicted octanol–water partition coefficient (Wildman–Crippen LogP) is 5.16. The van der Waals surface area contributed by atoms with Crippen molar-refractivity contribution in [1.82, 2.24) is 9.97 Å². The van der Waals surface area contributed by atoms with E-state index in [1.54, 1.807) is 18.2 Å². The van der Waals surface area contributed by atoms with E-state index in [1.165, 1.54) is 6.08 Å². The van der Waals surface area contributed by atoms with E-state index in [9.17, 15) is 4.79 Å². The van der Waals surface area contributed by atoms with Crippen LogP contribution in [0.4, 0.5) is 0 Å². The van der Waals surface area contributed by atoms with Gasteiger partial charge in [-0.05, 0) is 42.8 Å². The van der Waals surface area contributed by atoms with Gasteiger partial charge in [0.15, 0.2) is 5.82 Å². The molecule has 0 saturated carbocycles. The minimum absolute atomic E-state index is 0.229. The number of allylic oxidation sites excluding steroid dienone is 1. The molecule has 0 atom stereocenters. The van der Waals surface area contributed by atoms with Crippen LogP contribution in [-0.2, 0) is 0 Å². The fourth-order valence-corrected chi connectivity index (χ4v) is 2.54. The Balaban J connectivity index is 1.79. The lowest BCUT2D eigenvalue weighted by atomic mass is 10.2. The molecule has 0 unspecified atom stereocenters. The molecular weight excluding hydrogens is 347 g/mol. The molecule has 24 heavy (non-hydrogen) atoms. The Morgan fingerprint density at radius 1 is 1.21 bits per heavy atom. The Bertz CT molecular complexity index is 876. The van der Waals surface area contributed by atoms with Crippen molar-refractivity contribution in [2.45, 2.75) is 6.92 Å². The molecular formula is C18H14Cl2N2O2. The minimum atomic E-state index is -0.229. The van der Waals surface area contributed by atoms with Crippen molar-refractivity contribution < 1.29 is 9.53 Å². The highest BCUT2D eigenvalue weighted by Gasteiger charge is 2.10. The lowest BCUT2D eigenvalue weighted by Gasteiger charge is -2.01. The molecule has 1 aromatic heterocycles. The first-order chi connectivity index (χ1) is 11.6. The molecule has 122 valence electrons. The summed E-state index contributed by atoms with van der Waals surface area (Å²) in [6.07, 6.45) is 3.20. The summed E-state index contributed by atoms with van der Waals surface area (Å²) < 4.78 is 5.38. The average Bonchev–Trinajstić information content (AvgIpc) is 2.97. The highest BCUT2D eigenvalue weighted by molar-refractivity contribution is 6.42. The number of hydrogen-bond acceptors (Lipinski definition) is 3. The maximum absolute atomic E-state index is 12.3. The van der Waals surface area contributed by atoms with Gasteiger partial charge >= 0.3 is 0 Å². The number of carbonyl (C=O) groups excluding carboxylic acids is 1.